The third-order valence-corrected chi connectivity index (χ3v) is 5.82. The SMILES string of the molecule is COc1ccc(/C(O)=C2\C(=O)C(=O)N(Cc3ccco3)C2c2ccc(Br)cc2)cc1OC. The summed E-state index contributed by atoms with van der Waals surface area (Å²) in [6.45, 7) is 0.0843. The van der Waals surface area contributed by atoms with E-state index < -0.39 is 17.7 Å². The number of amides is 1. The van der Waals surface area contributed by atoms with Gasteiger partial charge in [0.05, 0.1) is 38.6 Å². The van der Waals surface area contributed by atoms with Crippen LogP contribution in [0.5, 0.6) is 11.5 Å². The first-order valence-electron chi connectivity index (χ1n) is 9.73. The number of rotatable bonds is 6. The lowest BCUT2D eigenvalue weighted by Gasteiger charge is -2.24. The zero-order valence-corrected chi connectivity index (χ0v) is 19.0. The molecule has 0 bridgehead atoms. The van der Waals surface area contributed by atoms with Gasteiger partial charge >= 0.3 is 0 Å². The maximum Gasteiger partial charge on any atom is 0.296 e. The number of Topliss-reactive ketones (excluding diaryl/α,β-unsaturated/α-hetero) is 1. The van der Waals surface area contributed by atoms with E-state index >= 15 is 0 Å². The first-order valence-corrected chi connectivity index (χ1v) is 10.5. The van der Waals surface area contributed by atoms with Crippen LogP contribution < -0.4 is 9.47 Å². The van der Waals surface area contributed by atoms with Gasteiger partial charge in [-0.25, -0.2) is 0 Å². The lowest BCUT2D eigenvalue weighted by atomic mass is 9.95. The number of ether oxygens (including phenoxy) is 2. The molecule has 0 saturated carbocycles. The number of benzene rings is 2. The van der Waals surface area contributed by atoms with Crippen molar-refractivity contribution in [2.45, 2.75) is 12.6 Å². The molecule has 0 spiro atoms. The number of methoxy groups -OCH3 is 2. The molecule has 1 aliphatic rings. The summed E-state index contributed by atoms with van der Waals surface area (Å²) >= 11 is 3.40. The third-order valence-electron chi connectivity index (χ3n) is 5.29. The number of aliphatic hydroxyl groups is 1. The highest BCUT2D eigenvalue weighted by atomic mass is 79.9. The molecule has 164 valence electrons. The van der Waals surface area contributed by atoms with Gasteiger partial charge in [0.25, 0.3) is 11.7 Å². The quantitative estimate of drug-likeness (QED) is 0.302. The van der Waals surface area contributed by atoms with E-state index in [9.17, 15) is 14.7 Å². The van der Waals surface area contributed by atoms with Crippen LogP contribution in [0.2, 0.25) is 0 Å². The van der Waals surface area contributed by atoms with E-state index in [0.29, 0.717) is 28.4 Å². The minimum atomic E-state index is -0.790. The number of furan rings is 1. The first-order chi connectivity index (χ1) is 15.4. The molecule has 4 rings (SSSR count). The van der Waals surface area contributed by atoms with Crippen LogP contribution in [0.15, 0.2) is 75.3 Å². The molecule has 1 aromatic heterocycles. The van der Waals surface area contributed by atoms with Gasteiger partial charge in [-0.1, -0.05) is 28.1 Å². The summed E-state index contributed by atoms with van der Waals surface area (Å²) in [7, 11) is 2.98. The number of halogens is 1. The van der Waals surface area contributed by atoms with Crippen LogP contribution in [0, 0.1) is 0 Å². The number of hydrogen-bond acceptors (Lipinski definition) is 6. The highest BCUT2D eigenvalue weighted by molar-refractivity contribution is 9.10. The molecular formula is C24H20BrNO6. The molecule has 2 aromatic carbocycles. The highest BCUT2D eigenvalue weighted by Gasteiger charge is 2.46. The second-order valence-corrected chi connectivity index (χ2v) is 8.04. The van der Waals surface area contributed by atoms with E-state index in [4.69, 9.17) is 13.9 Å². The normalized spacial score (nSPS) is 17.6. The van der Waals surface area contributed by atoms with Crippen molar-refractivity contribution in [3.05, 3.63) is 87.8 Å². The molecular weight excluding hydrogens is 478 g/mol. The molecule has 7 nitrogen and oxygen atoms in total. The number of likely N-dealkylation sites (tertiary alicyclic amines) is 1. The summed E-state index contributed by atoms with van der Waals surface area (Å²) in [5.41, 5.74) is 1.01. The summed E-state index contributed by atoms with van der Waals surface area (Å²) in [5.74, 6) is -0.374. The molecule has 8 heteroatoms. The van der Waals surface area contributed by atoms with E-state index in [1.54, 1.807) is 42.5 Å². The second kappa shape index (κ2) is 8.92. The standard InChI is InChI=1S/C24H20BrNO6/c1-30-18-10-7-15(12-19(18)31-2)22(27)20-21(14-5-8-16(25)9-6-14)26(24(29)23(20)28)13-17-4-3-11-32-17/h3-12,21,27H,13H2,1-2H3/b22-20+. The van der Waals surface area contributed by atoms with Crippen LogP contribution in [-0.4, -0.2) is 35.9 Å². The van der Waals surface area contributed by atoms with Crippen LogP contribution in [0.3, 0.4) is 0 Å². The molecule has 1 atom stereocenters. The fraction of sp³-hybridized carbons (Fsp3) is 0.167. The van der Waals surface area contributed by atoms with Crippen molar-refractivity contribution in [3.63, 3.8) is 0 Å². The predicted octanol–water partition coefficient (Wildman–Crippen LogP) is 4.68. The molecule has 1 N–H and O–H groups in total. The average Bonchev–Trinajstić information content (AvgIpc) is 3.41. The number of aliphatic hydroxyl groups excluding tert-OH is 1. The smallest absolute Gasteiger partial charge is 0.296 e. The minimum absolute atomic E-state index is 0.00361. The Labute approximate surface area is 193 Å². The third kappa shape index (κ3) is 3.89. The zero-order valence-electron chi connectivity index (χ0n) is 17.4. The monoisotopic (exact) mass is 497 g/mol. The molecule has 1 saturated heterocycles. The van der Waals surface area contributed by atoms with E-state index in [0.717, 1.165) is 4.47 Å². The molecule has 32 heavy (non-hydrogen) atoms. The van der Waals surface area contributed by atoms with E-state index in [-0.39, 0.29) is 17.9 Å². The Balaban J connectivity index is 1.87. The van der Waals surface area contributed by atoms with Crippen molar-refractivity contribution >= 4 is 33.4 Å². The molecule has 0 aliphatic carbocycles. The van der Waals surface area contributed by atoms with Crippen LogP contribution >= 0.6 is 15.9 Å². The van der Waals surface area contributed by atoms with Gasteiger partial charge in [0.15, 0.2) is 11.5 Å². The summed E-state index contributed by atoms with van der Waals surface area (Å²) in [6.07, 6.45) is 1.50. The lowest BCUT2D eigenvalue weighted by Crippen LogP contribution is -2.29. The Morgan fingerprint density at radius 2 is 1.78 bits per heavy atom. The van der Waals surface area contributed by atoms with Crippen LogP contribution in [0.25, 0.3) is 5.76 Å². The Kier molecular flexibility index (Phi) is 6.05. The Morgan fingerprint density at radius 1 is 1.06 bits per heavy atom. The molecule has 1 fully saturated rings. The van der Waals surface area contributed by atoms with Crippen molar-refractivity contribution in [2.24, 2.45) is 0 Å². The number of hydrogen-bond donors (Lipinski definition) is 1. The molecule has 0 radical (unpaired) electrons. The van der Waals surface area contributed by atoms with Crippen molar-refractivity contribution in [1.82, 2.24) is 4.90 Å². The van der Waals surface area contributed by atoms with Gasteiger partial charge in [0, 0.05) is 10.0 Å². The van der Waals surface area contributed by atoms with Crippen LogP contribution in [-0.2, 0) is 16.1 Å². The maximum atomic E-state index is 13.1. The minimum Gasteiger partial charge on any atom is -0.507 e. The number of nitrogens with zero attached hydrogens (tertiary/aromatic N) is 1. The summed E-state index contributed by atoms with van der Waals surface area (Å²) in [6, 6.07) is 14.7. The average molecular weight is 498 g/mol. The molecule has 1 unspecified atom stereocenters. The van der Waals surface area contributed by atoms with Gasteiger partial charge in [0.2, 0.25) is 0 Å². The first kappa shape index (κ1) is 21.7. The van der Waals surface area contributed by atoms with Crippen LogP contribution in [0.4, 0.5) is 0 Å². The van der Waals surface area contributed by atoms with Crippen molar-refractivity contribution in [2.75, 3.05) is 14.2 Å². The van der Waals surface area contributed by atoms with Gasteiger partial charge in [0.1, 0.15) is 11.5 Å². The number of ketones is 1. The van der Waals surface area contributed by atoms with Crippen LogP contribution in [0.1, 0.15) is 22.9 Å². The van der Waals surface area contributed by atoms with Crippen molar-refractivity contribution < 1.29 is 28.6 Å². The number of carbonyl (C=O) groups excluding carboxylic acids is 2. The Hall–Kier alpha value is -3.52. The fourth-order valence-corrected chi connectivity index (χ4v) is 4.01. The molecule has 1 amide bonds. The lowest BCUT2D eigenvalue weighted by molar-refractivity contribution is -0.140. The van der Waals surface area contributed by atoms with E-state index in [1.807, 2.05) is 12.1 Å². The molecule has 1 aliphatic heterocycles. The fourth-order valence-electron chi connectivity index (χ4n) is 3.74. The van der Waals surface area contributed by atoms with Gasteiger partial charge in [-0.2, -0.15) is 0 Å². The Bertz CT molecular complexity index is 1180. The highest BCUT2D eigenvalue weighted by Crippen LogP contribution is 2.41. The Morgan fingerprint density at radius 3 is 2.41 bits per heavy atom. The van der Waals surface area contributed by atoms with Gasteiger partial charge in [-0.3, -0.25) is 9.59 Å². The van der Waals surface area contributed by atoms with Crippen molar-refractivity contribution in [3.8, 4) is 11.5 Å². The van der Waals surface area contributed by atoms with E-state index in [1.165, 1.54) is 25.4 Å². The topological polar surface area (TPSA) is 89.2 Å². The maximum absolute atomic E-state index is 13.1. The van der Waals surface area contributed by atoms with E-state index in [2.05, 4.69) is 15.9 Å². The molecule has 2 heterocycles. The largest absolute Gasteiger partial charge is 0.507 e. The molecule has 3 aromatic rings. The summed E-state index contributed by atoms with van der Waals surface area (Å²) in [4.78, 5) is 27.5. The van der Waals surface area contributed by atoms with Crippen molar-refractivity contribution in [1.29, 1.82) is 0 Å². The predicted molar refractivity (Wildman–Crippen MR) is 120 cm³/mol. The second-order valence-electron chi connectivity index (χ2n) is 7.13. The summed E-state index contributed by atoms with van der Waals surface area (Å²) in [5, 5.41) is 11.2. The number of carbonyl (C=O) groups is 2. The van der Waals surface area contributed by atoms with Gasteiger partial charge in [-0.15, -0.1) is 0 Å². The summed E-state index contributed by atoms with van der Waals surface area (Å²) < 4.78 is 16.8. The van der Waals surface area contributed by atoms with Gasteiger partial charge in [-0.05, 0) is 48.0 Å². The zero-order chi connectivity index (χ0) is 22.8. The van der Waals surface area contributed by atoms with Gasteiger partial charge < -0.3 is 23.9 Å².